The monoisotopic (exact) mass is 294 g/mol. The number of carbonyl (C=O) groups excluding carboxylic acids is 1. The molecule has 1 amide bonds. The summed E-state index contributed by atoms with van der Waals surface area (Å²) >= 11 is 0. The van der Waals surface area contributed by atoms with Gasteiger partial charge >= 0.3 is 12.1 Å². The lowest BCUT2D eigenvalue weighted by molar-refractivity contribution is -0.149. The highest BCUT2D eigenvalue weighted by atomic mass is 16.5. The first-order chi connectivity index (χ1) is 9.73. The van der Waals surface area contributed by atoms with Gasteiger partial charge in [-0.2, -0.15) is 0 Å². The lowest BCUT2D eigenvalue weighted by atomic mass is 9.73. The Kier molecular flexibility index (Phi) is 5.32. The van der Waals surface area contributed by atoms with E-state index in [0.717, 1.165) is 5.56 Å². The van der Waals surface area contributed by atoms with Gasteiger partial charge in [-0.1, -0.05) is 51.1 Å². The summed E-state index contributed by atoms with van der Waals surface area (Å²) in [5.74, 6) is -1.19. The quantitative estimate of drug-likeness (QED) is 0.767. The Morgan fingerprint density at radius 2 is 1.81 bits per heavy atom. The van der Waals surface area contributed by atoms with Crippen LogP contribution in [0.2, 0.25) is 0 Å². The normalized spacial score (nSPS) is 14.1. The van der Waals surface area contributed by atoms with E-state index in [9.17, 15) is 14.7 Å². The fourth-order valence-corrected chi connectivity index (χ4v) is 1.94. The number of rotatable bonds is 5. The fourth-order valence-electron chi connectivity index (χ4n) is 1.94. The SMILES string of the molecule is CC(C)(C)[C@@](CN)(NC(=O)OCc1ccccc1)C(=O)O. The van der Waals surface area contributed by atoms with Crippen molar-refractivity contribution < 1.29 is 19.4 Å². The van der Waals surface area contributed by atoms with Crippen LogP contribution in [0.15, 0.2) is 30.3 Å². The van der Waals surface area contributed by atoms with E-state index >= 15 is 0 Å². The summed E-state index contributed by atoms with van der Waals surface area (Å²) in [6.45, 7) is 4.94. The molecule has 0 spiro atoms. The van der Waals surface area contributed by atoms with Gasteiger partial charge < -0.3 is 20.9 Å². The van der Waals surface area contributed by atoms with E-state index in [0.29, 0.717) is 0 Å². The van der Waals surface area contributed by atoms with Gasteiger partial charge in [0.2, 0.25) is 0 Å². The Hall–Kier alpha value is -2.08. The molecule has 1 aromatic rings. The molecule has 1 atom stereocenters. The Bertz CT molecular complexity index is 496. The number of amides is 1. The molecule has 0 aliphatic rings. The van der Waals surface area contributed by atoms with E-state index < -0.39 is 23.0 Å². The summed E-state index contributed by atoms with van der Waals surface area (Å²) in [6, 6.07) is 9.13. The fraction of sp³-hybridized carbons (Fsp3) is 0.467. The van der Waals surface area contributed by atoms with Gasteiger partial charge in [0.05, 0.1) is 0 Å². The predicted molar refractivity (Wildman–Crippen MR) is 78.6 cm³/mol. The standard InChI is InChI=1S/C15H22N2O4/c1-14(2,3)15(10-16,12(18)19)17-13(20)21-9-11-7-5-4-6-8-11/h4-8H,9-10,16H2,1-3H3,(H,17,20)(H,18,19)/t15-/m0/s1. The maximum atomic E-state index is 11.9. The van der Waals surface area contributed by atoms with Crippen molar-refractivity contribution in [1.29, 1.82) is 0 Å². The maximum Gasteiger partial charge on any atom is 0.408 e. The van der Waals surface area contributed by atoms with E-state index in [1.807, 2.05) is 30.3 Å². The number of benzene rings is 1. The van der Waals surface area contributed by atoms with E-state index in [-0.39, 0.29) is 13.2 Å². The molecular formula is C15H22N2O4. The van der Waals surface area contributed by atoms with Crippen LogP contribution in [0, 0.1) is 5.41 Å². The van der Waals surface area contributed by atoms with Crippen molar-refractivity contribution in [1.82, 2.24) is 5.32 Å². The van der Waals surface area contributed by atoms with Crippen molar-refractivity contribution in [3.8, 4) is 0 Å². The zero-order valence-corrected chi connectivity index (χ0v) is 12.6. The van der Waals surface area contributed by atoms with Gasteiger partial charge in [-0.25, -0.2) is 9.59 Å². The van der Waals surface area contributed by atoms with Crippen molar-refractivity contribution >= 4 is 12.1 Å². The molecule has 0 aromatic heterocycles. The summed E-state index contributed by atoms with van der Waals surface area (Å²) in [5.41, 5.74) is 4.07. The Morgan fingerprint density at radius 3 is 2.24 bits per heavy atom. The highest BCUT2D eigenvalue weighted by Gasteiger charge is 2.49. The first kappa shape index (κ1) is 17.0. The molecule has 1 aromatic carbocycles. The molecule has 0 fully saturated rings. The van der Waals surface area contributed by atoms with Crippen LogP contribution >= 0.6 is 0 Å². The molecule has 21 heavy (non-hydrogen) atoms. The molecule has 0 aliphatic carbocycles. The number of hydrogen-bond donors (Lipinski definition) is 3. The molecule has 0 radical (unpaired) electrons. The van der Waals surface area contributed by atoms with Crippen molar-refractivity contribution in [2.75, 3.05) is 6.54 Å². The topological polar surface area (TPSA) is 102 Å². The summed E-state index contributed by atoms with van der Waals surface area (Å²) in [7, 11) is 0. The summed E-state index contributed by atoms with van der Waals surface area (Å²) < 4.78 is 5.06. The second kappa shape index (κ2) is 6.58. The second-order valence-electron chi connectivity index (χ2n) is 5.85. The van der Waals surface area contributed by atoms with Gasteiger partial charge in [0.25, 0.3) is 0 Å². The van der Waals surface area contributed by atoms with Crippen LogP contribution in [0.4, 0.5) is 4.79 Å². The Balaban J connectivity index is 2.76. The van der Waals surface area contributed by atoms with E-state index in [2.05, 4.69) is 5.32 Å². The average Bonchev–Trinajstić information content (AvgIpc) is 2.42. The predicted octanol–water partition coefficient (Wildman–Crippen LogP) is 1.74. The molecule has 6 heteroatoms. The highest BCUT2D eigenvalue weighted by molar-refractivity contribution is 5.85. The van der Waals surface area contributed by atoms with E-state index in [4.69, 9.17) is 10.5 Å². The minimum absolute atomic E-state index is 0.0666. The smallest absolute Gasteiger partial charge is 0.408 e. The summed E-state index contributed by atoms with van der Waals surface area (Å²) in [4.78, 5) is 23.4. The van der Waals surface area contributed by atoms with Crippen molar-refractivity contribution in [3.05, 3.63) is 35.9 Å². The van der Waals surface area contributed by atoms with Crippen LogP contribution in [0.1, 0.15) is 26.3 Å². The zero-order chi connectivity index (χ0) is 16.1. The maximum absolute atomic E-state index is 11.9. The molecule has 116 valence electrons. The van der Waals surface area contributed by atoms with Crippen molar-refractivity contribution in [2.24, 2.45) is 11.1 Å². The van der Waals surface area contributed by atoms with Crippen LogP contribution in [0.3, 0.4) is 0 Å². The number of carboxylic acid groups (broad SMARTS) is 1. The molecule has 4 N–H and O–H groups in total. The molecule has 0 unspecified atom stereocenters. The lowest BCUT2D eigenvalue weighted by Crippen LogP contribution is -2.66. The molecule has 1 rings (SSSR count). The van der Waals surface area contributed by atoms with Gasteiger partial charge in [-0.3, -0.25) is 0 Å². The third-order valence-electron chi connectivity index (χ3n) is 3.48. The molecular weight excluding hydrogens is 272 g/mol. The summed E-state index contributed by atoms with van der Waals surface area (Å²) in [6.07, 6.45) is -0.804. The van der Waals surface area contributed by atoms with Crippen LogP contribution in [0.25, 0.3) is 0 Å². The van der Waals surface area contributed by atoms with Crippen LogP contribution in [-0.4, -0.2) is 29.3 Å². The molecule has 0 aliphatic heterocycles. The van der Waals surface area contributed by atoms with Gasteiger partial charge in [0.1, 0.15) is 6.61 Å². The van der Waals surface area contributed by atoms with Crippen LogP contribution in [0.5, 0.6) is 0 Å². The minimum Gasteiger partial charge on any atom is -0.479 e. The van der Waals surface area contributed by atoms with Gasteiger partial charge in [-0.05, 0) is 11.0 Å². The number of carbonyl (C=O) groups is 2. The zero-order valence-electron chi connectivity index (χ0n) is 12.6. The van der Waals surface area contributed by atoms with Gasteiger partial charge in [0, 0.05) is 6.54 Å². The molecule has 0 saturated carbocycles. The Morgan fingerprint density at radius 1 is 1.24 bits per heavy atom. The minimum atomic E-state index is -1.58. The first-order valence-electron chi connectivity index (χ1n) is 6.65. The number of hydrogen-bond acceptors (Lipinski definition) is 4. The lowest BCUT2D eigenvalue weighted by Gasteiger charge is -2.40. The molecule has 0 heterocycles. The molecule has 6 nitrogen and oxygen atoms in total. The number of carboxylic acids is 1. The number of alkyl carbamates (subject to hydrolysis) is 1. The Labute approximate surface area is 124 Å². The van der Waals surface area contributed by atoms with E-state index in [1.165, 1.54) is 0 Å². The largest absolute Gasteiger partial charge is 0.479 e. The van der Waals surface area contributed by atoms with Crippen LogP contribution < -0.4 is 11.1 Å². The second-order valence-corrected chi connectivity index (χ2v) is 5.85. The number of aliphatic carboxylic acids is 1. The number of nitrogens with one attached hydrogen (secondary N) is 1. The van der Waals surface area contributed by atoms with E-state index in [1.54, 1.807) is 20.8 Å². The van der Waals surface area contributed by atoms with Crippen molar-refractivity contribution in [3.63, 3.8) is 0 Å². The number of nitrogens with two attached hydrogens (primary N) is 1. The molecule has 0 bridgehead atoms. The number of ether oxygens (including phenoxy) is 1. The van der Waals surface area contributed by atoms with Crippen molar-refractivity contribution in [2.45, 2.75) is 32.9 Å². The van der Waals surface area contributed by atoms with Gasteiger partial charge in [-0.15, -0.1) is 0 Å². The third-order valence-corrected chi connectivity index (χ3v) is 3.48. The third kappa shape index (κ3) is 3.95. The van der Waals surface area contributed by atoms with Gasteiger partial charge in [0.15, 0.2) is 5.54 Å². The summed E-state index contributed by atoms with van der Waals surface area (Å²) in [5, 5.41) is 11.8. The highest BCUT2D eigenvalue weighted by Crippen LogP contribution is 2.30. The van der Waals surface area contributed by atoms with Crippen LogP contribution in [-0.2, 0) is 16.1 Å². The molecule has 0 saturated heterocycles. The first-order valence-corrected chi connectivity index (χ1v) is 6.65. The average molecular weight is 294 g/mol.